The van der Waals surface area contributed by atoms with E-state index >= 15 is 0 Å². The summed E-state index contributed by atoms with van der Waals surface area (Å²) in [5.74, 6) is 0. The Morgan fingerprint density at radius 1 is 1.19 bits per heavy atom. The van der Waals surface area contributed by atoms with Gasteiger partial charge in [-0.25, -0.2) is 0 Å². The maximum atomic E-state index is 3.48. The predicted octanol–water partition coefficient (Wildman–Crippen LogP) is 3.13. The van der Waals surface area contributed by atoms with Crippen molar-refractivity contribution in [2.45, 2.75) is 66.0 Å². The van der Waals surface area contributed by atoms with Gasteiger partial charge in [0, 0.05) is 18.6 Å². The molecule has 1 N–H and O–H groups in total. The summed E-state index contributed by atoms with van der Waals surface area (Å²) in [6.07, 6.45) is 3.74. The highest BCUT2D eigenvalue weighted by Crippen LogP contribution is 2.19. The fraction of sp³-hybridized carbons (Fsp3) is 1.00. The molecule has 0 aliphatic rings. The van der Waals surface area contributed by atoms with Crippen molar-refractivity contribution < 1.29 is 0 Å². The van der Waals surface area contributed by atoms with E-state index in [9.17, 15) is 0 Å². The summed E-state index contributed by atoms with van der Waals surface area (Å²) < 4.78 is 0. The molecule has 2 atom stereocenters. The van der Waals surface area contributed by atoms with Gasteiger partial charge in [-0.05, 0) is 32.4 Å². The third-order valence-electron chi connectivity index (χ3n) is 3.14. The number of nitrogens with zero attached hydrogens (tertiary/aromatic N) is 1. The van der Waals surface area contributed by atoms with E-state index in [1.807, 2.05) is 0 Å². The Morgan fingerprint density at radius 3 is 2.06 bits per heavy atom. The van der Waals surface area contributed by atoms with E-state index in [-0.39, 0.29) is 0 Å². The lowest BCUT2D eigenvalue weighted by Crippen LogP contribution is -2.49. The molecule has 0 saturated carbocycles. The summed E-state index contributed by atoms with van der Waals surface area (Å²) in [5, 5.41) is 3.48. The zero-order valence-electron chi connectivity index (χ0n) is 12.4. The normalized spacial score (nSPS) is 16.5. The smallest absolute Gasteiger partial charge is 0.0243 e. The minimum atomic E-state index is 0.382. The second kappa shape index (κ2) is 7.29. The van der Waals surface area contributed by atoms with Crippen LogP contribution in [0.4, 0.5) is 0 Å². The molecule has 0 heterocycles. The third-order valence-corrected chi connectivity index (χ3v) is 3.14. The van der Waals surface area contributed by atoms with Crippen molar-refractivity contribution in [3.05, 3.63) is 0 Å². The quantitative estimate of drug-likeness (QED) is 0.720. The van der Waals surface area contributed by atoms with Gasteiger partial charge in [0.25, 0.3) is 0 Å². The average molecular weight is 228 g/mol. The molecular formula is C14H32N2. The van der Waals surface area contributed by atoms with Crippen LogP contribution in [0.5, 0.6) is 0 Å². The van der Waals surface area contributed by atoms with Crippen LogP contribution in [-0.4, -0.2) is 37.6 Å². The van der Waals surface area contributed by atoms with Crippen LogP contribution in [0.1, 0.15) is 53.9 Å². The van der Waals surface area contributed by atoms with Crippen molar-refractivity contribution >= 4 is 0 Å². The lowest BCUT2D eigenvalue weighted by Gasteiger charge is -2.37. The zero-order chi connectivity index (χ0) is 12.8. The summed E-state index contributed by atoms with van der Waals surface area (Å²) in [7, 11) is 4.35. The molecule has 0 aromatic carbocycles. The SMILES string of the molecule is CCCC(NC)C(CC)N(C)CC(C)(C)C. The highest BCUT2D eigenvalue weighted by atomic mass is 15.2. The van der Waals surface area contributed by atoms with Crippen LogP contribution in [0.15, 0.2) is 0 Å². The summed E-state index contributed by atoms with van der Waals surface area (Å²) >= 11 is 0. The van der Waals surface area contributed by atoms with Crippen LogP contribution in [-0.2, 0) is 0 Å². The van der Waals surface area contributed by atoms with Crippen LogP contribution >= 0.6 is 0 Å². The molecule has 0 aromatic heterocycles. The molecule has 0 saturated heterocycles. The third kappa shape index (κ3) is 5.86. The number of likely N-dealkylation sites (N-methyl/N-ethyl adjacent to an activating group) is 2. The summed E-state index contributed by atoms with van der Waals surface area (Å²) in [6, 6.07) is 1.28. The molecule has 2 unspecified atom stereocenters. The molecule has 0 rings (SSSR count). The molecule has 0 spiro atoms. The van der Waals surface area contributed by atoms with Crippen LogP contribution in [0.3, 0.4) is 0 Å². The Balaban J connectivity index is 4.44. The van der Waals surface area contributed by atoms with Crippen LogP contribution in [0.2, 0.25) is 0 Å². The van der Waals surface area contributed by atoms with Gasteiger partial charge in [-0.2, -0.15) is 0 Å². The van der Waals surface area contributed by atoms with E-state index in [1.54, 1.807) is 0 Å². The van der Waals surface area contributed by atoms with Gasteiger partial charge in [0.05, 0.1) is 0 Å². The van der Waals surface area contributed by atoms with E-state index in [2.05, 4.69) is 58.9 Å². The second-order valence-electron chi connectivity index (χ2n) is 6.14. The Hall–Kier alpha value is -0.0800. The van der Waals surface area contributed by atoms with E-state index < -0.39 is 0 Å². The van der Waals surface area contributed by atoms with E-state index in [0.717, 1.165) is 6.54 Å². The van der Waals surface area contributed by atoms with Crippen molar-refractivity contribution in [1.29, 1.82) is 0 Å². The molecule has 0 bridgehead atoms. The molecule has 2 nitrogen and oxygen atoms in total. The average Bonchev–Trinajstić information content (AvgIpc) is 2.14. The summed E-state index contributed by atoms with van der Waals surface area (Å²) in [5.41, 5.74) is 0.382. The molecule has 0 fully saturated rings. The first-order valence-corrected chi connectivity index (χ1v) is 6.73. The van der Waals surface area contributed by atoms with Crippen LogP contribution in [0.25, 0.3) is 0 Å². The standard InChI is InChI=1S/C14H32N2/c1-8-10-12(15-6)13(9-2)16(7)11-14(3,4)5/h12-13,15H,8-11H2,1-7H3. The zero-order valence-corrected chi connectivity index (χ0v) is 12.4. The fourth-order valence-electron chi connectivity index (χ4n) is 2.61. The first kappa shape index (κ1) is 15.9. The van der Waals surface area contributed by atoms with Crippen LogP contribution < -0.4 is 5.32 Å². The highest BCUT2D eigenvalue weighted by molar-refractivity contribution is 4.83. The number of nitrogens with one attached hydrogen (secondary N) is 1. The largest absolute Gasteiger partial charge is 0.315 e. The van der Waals surface area contributed by atoms with Gasteiger partial charge < -0.3 is 10.2 Å². The molecular weight excluding hydrogens is 196 g/mol. The molecule has 0 radical (unpaired) electrons. The Kier molecular flexibility index (Phi) is 7.25. The maximum Gasteiger partial charge on any atom is 0.0243 e. The number of hydrogen-bond acceptors (Lipinski definition) is 2. The molecule has 0 amide bonds. The second-order valence-corrected chi connectivity index (χ2v) is 6.14. The van der Waals surface area contributed by atoms with Crippen molar-refractivity contribution in [2.24, 2.45) is 5.41 Å². The molecule has 98 valence electrons. The molecule has 0 aliphatic carbocycles. The molecule has 0 aromatic rings. The van der Waals surface area contributed by atoms with Crippen molar-refractivity contribution in [3.8, 4) is 0 Å². The van der Waals surface area contributed by atoms with Gasteiger partial charge in [0.2, 0.25) is 0 Å². The molecule has 0 aliphatic heterocycles. The lowest BCUT2D eigenvalue weighted by molar-refractivity contribution is 0.136. The highest BCUT2D eigenvalue weighted by Gasteiger charge is 2.24. The summed E-state index contributed by atoms with van der Waals surface area (Å²) in [4.78, 5) is 2.52. The van der Waals surface area contributed by atoms with Gasteiger partial charge in [0.15, 0.2) is 0 Å². The molecule has 16 heavy (non-hydrogen) atoms. The first-order chi connectivity index (χ1) is 7.35. The fourth-order valence-corrected chi connectivity index (χ4v) is 2.61. The Labute approximate surface area is 103 Å². The number of rotatable bonds is 7. The Morgan fingerprint density at radius 2 is 1.75 bits per heavy atom. The molecule has 2 heteroatoms. The van der Waals surface area contributed by atoms with Crippen molar-refractivity contribution in [1.82, 2.24) is 10.2 Å². The van der Waals surface area contributed by atoms with E-state index in [0.29, 0.717) is 17.5 Å². The minimum Gasteiger partial charge on any atom is -0.315 e. The van der Waals surface area contributed by atoms with Gasteiger partial charge in [-0.3, -0.25) is 0 Å². The van der Waals surface area contributed by atoms with Crippen molar-refractivity contribution in [3.63, 3.8) is 0 Å². The van der Waals surface area contributed by atoms with E-state index in [1.165, 1.54) is 19.3 Å². The van der Waals surface area contributed by atoms with Gasteiger partial charge >= 0.3 is 0 Å². The maximum absolute atomic E-state index is 3.48. The van der Waals surface area contributed by atoms with E-state index in [4.69, 9.17) is 0 Å². The van der Waals surface area contributed by atoms with Gasteiger partial charge in [0.1, 0.15) is 0 Å². The van der Waals surface area contributed by atoms with Crippen molar-refractivity contribution in [2.75, 3.05) is 20.6 Å². The minimum absolute atomic E-state index is 0.382. The van der Waals surface area contributed by atoms with Crippen LogP contribution in [0, 0.1) is 5.41 Å². The first-order valence-electron chi connectivity index (χ1n) is 6.73. The van der Waals surface area contributed by atoms with Gasteiger partial charge in [-0.15, -0.1) is 0 Å². The van der Waals surface area contributed by atoms with Gasteiger partial charge in [-0.1, -0.05) is 41.0 Å². The topological polar surface area (TPSA) is 15.3 Å². The predicted molar refractivity (Wildman–Crippen MR) is 73.9 cm³/mol. The summed E-state index contributed by atoms with van der Waals surface area (Å²) in [6.45, 7) is 12.7. The monoisotopic (exact) mass is 228 g/mol. The lowest BCUT2D eigenvalue weighted by atomic mass is 9.93. The number of hydrogen-bond donors (Lipinski definition) is 1. The Bertz CT molecular complexity index is 172.